The molecule has 1 atom stereocenters. The highest BCUT2D eigenvalue weighted by molar-refractivity contribution is 5.41. The van der Waals surface area contributed by atoms with Crippen molar-refractivity contribution in [2.24, 2.45) is 7.05 Å². The molecule has 25 heavy (non-hydrogen) atoms. The Morgan fingerprint density at radius 3 is 3.04 bits per heavy atom. The Morgan fingerprint density at radius 1 is 1.32 bits per heavy atom. The monoisotopic (exact) mass is 345 g/mol. The molecule has 0 aliphatic carbocycles. The summed E-state index contributed by atoms with van der Waals surface area (Å²) in [4.78, 5) is 12.9. The average molecular weight is 345 g/mol. The molecule has 2 aliphatic heterocycles. The van der Waals surface area contributed by atoms with E-state index in [-0.39, 0.29) is 11.4 Å². The first-order valence-corrected chi connectivity index (χ1v) is 8.82. The second kappa shape index (κ2) is 6.72. The normalized spacial score (nSPS) is 24.8. The number of aryl methyl sites for hydroxylation is 1. The summed E-state index contributed by atoms with van der Waals surface area (Å²) in [6.45, 7) is 4.83. The van der Waals surface area contributed by atoms with Crippen LogP contribution < -0.4 is 4.90 Å². The Bertz CT molecular complexity index is 732. The van der Waals surface area contributed by atoms with Crippen LogP contribution in [0.1, 0.15) is 18.5 Å². The Kier molecular flexibility index (Phi) is 4.43. The van der Waals surface area contributed by atoms with Crippen LogP contribution in [0.15, 0.2) is 30.9 Å². The van der Waals surface area contributed by atoms with Crippen LogP contribution in [0.5, 0.6) is 0 Å². The number of morpholine rings is 1. The summed E-state index contributed by atoms with van der Waals surface area (Å²) in [6.07, 6.45) is 7.38. The fourth-order valence-corrected chi connectivity index (χ4v) is 3.96. The minimum atomic E-state index is -0.262. The van der Waals surface area contributed by atoms with Crippen molar-refractivity contribution < 1.29 is 9.13 Å². The van der Waals surface area contributed by atoms with Crippen LogP contribution in [-0.4, -0.2) is 57.8 Å². The van der Waals surface area contributed by atoms with Crippen LogP contribution in [0.25, 0.3) is 0 Å². The number of rotatable bonds is 3. The van der Waals surface area contributed by atoms with E-state index in [0.29, 0.717) is 19.0 Å². The maximum absolute atomic E-state index is 14.1. The van der Waals surface area contributed by atoms with Crippen LogP contribution in [0.3, 0.4) is 0 Å². The summed E-state index contributed by atoms with van der Waals surface area (Å²) in [5.74, 6) is 0.177. The van der Waals surface area contributed by atoms with Crippen LogP contribution in [0.2, 0.25) is 0 Å². The topological polar surface area (TPSA) is 46.4 Å². The third-order valence-electron chi connectivity index (χ3n) is 5.21. The second-order valence-corrected chi connectivity index (χ2v) is 7.07. The zero-order chi connectivity index (χ0) is 17.3. The quantitative estimate of drug-likeness (QED) is 0.849. The predicted octanol–water partition coefficient (Wildman–Crippen LogP) is 1.83. The zero-order valence-electron chi connectivity index (χ0n) is 14.6. The number of pyridine rings is 1. The van der Waals surface area contributed by atoms with Gasteiger partial charge >= 0.3 is 0 Å². The van der Waals surface area contributed by atoms with Crippen LogP contribution in [-0.2, 0) is 18.3 Å². The van der Waals surface area contributed by atoms with Crippen molar-refractivity contribution in [3.8, 4) is 0 Å². The maximum Gasteiger partial charge on any atom is 0.165 e. The van der Waals surface area contributed by atoms with Gasteiger partial charge in [0.05, 0.1) is 24.2 Å². The standard InChI is InChI=1S/C18H24FN5O/c1-22-14-20-10-15(22)11-23-8-9-25-18(12-23)5-3-7-24(13-18)17-16(19)4-2-6-21-17/h2,4,6,10,14H,3,5,7-9,11-13H2,1H3. The molecule has 2 aliphatic rings. The first-order chi connectivity index (χ1) is 12.2. The van der Waals surface area contributed by atoms with Gasteiger partial charge in [-0.05, 0) is 25.0 Å². The van der Waals surface area contributed by atoms with Gasteiger partial charge in [0.2, 0.25) is 0 Å². The largest absolute Gasteiger partial charge is 0.370 e. The number of imidazole rings is 1. The smallest absolute Gasteiger partial charge is 0.165 e. The lowest BCUT2D eigenvalue weighted by molar-refractivity contribution is -0.116. The molecule has 1 unspecified atom stereocenters. The number of piperidine rings is 1. The number of aromatic nitrogens is 3. The highest BCUT2D eigenvalue weighted by atomic mass is 19.1. The van der Waals surface area contributed by atoms with Gasteiger partial charge in [-0.3, -0.25) is 4.90 Å². The van der Waals surface area contributed by atoms with Gasteiger partial charge in [0.15, 0.2) is 11.6 Å². The predicted molar refractivity (Wildman–Crippen MR) is 92.8 cm³/mol. The van der Waals surface area contributed by atoms with Crippen molar-refractivity contribution in [1.29, 1.82) is 0 Å². The number of anilines is 1. The SMILES string of the molecule is Cn1cncc1CN1CCOC2(CCCN(c3ncccc3F)C2)C1. The second-order valence-electron chi connectivity index (χ2n) is 7.07. The molecule has 7 heteroatoms. The minimum absolute atomic E-state index is 0.251. The van der Waals surface area contributed by atoms with Gasteiger partial charge in [0.1, 0.15) is 0 Å². The van der Waals surface area contributed by atoms with Gasteiger partial charge < -0.3 is 14.2 Å². The van der Waals surface area contributed by atoms with E-state index in [1.54, 1.807) is 12.3 Å². The molecule has 134 valence electrons. The highest BCUT2D eigenvalue weighted by Gasteiger charge is 2.41. The molecule has 0 saturated carbocycles. The number of halogens is 1. The van der Waals surface area contributed by atoms with Crippen LogP contribution in [0, 0.1) is 5.82 Å². The molecule has 4 rings (SSSR count). The van der Waals surface area contributed by atoms with Crippen molar-refractivity contribution in [3.63, 3.8) is 0 Å². The highest BCUT2D eigenvalue weighted by Crippen LogP contribution is 2.32. The van der Waals surface area contributed by atoms with Gasteiger partial charge in [0.25, 0.3) is 0 Å². The molecule has 0 radical (unpaired) electrons. The molecule has 2 aromatic rings. The molecule has 0 aromatic carbocycles. The maximum atomic E-state index is 14.1. The first kappa shape index (κ1) is 16.5. The summed E-state index contributed by atoms with van der Waals surface area (Å²) >= 11 is 0. The van der Waals surface area contributed by atoms with Crippen molar-refractivity contribution in [3.05, 3.63) is 42.4 Å². The van der Waals surface area contributed by atoms with Crippen LogP contribution in [0.4, 0.5) is 10.2 Å². The Morgan fingerprint density at radius 2 is 2.24 bits per heavy atom. The molecular weight excluding hydrogens is 321 g/mol. The fourth-order valence-electron chi connectivity index (χ4n) is 3.96. The lowest BCUT2D eigenvalue weighted by Crippen LogP contribution is -2.59. The Balaban J connectivity index is 1.49. The van der Waals surface area contributed by atoms with E-state index in [2.05, 4.69) is 19.4 Å². The lowest BCUT2D eigenvalue weighted by atomic mass is 9.90. The summed E-state index contributed by atoms with van der Waals surface area (Å²) in [6, 6.07) is 3.10. The van der Waals surface area contributed by atoms with E-state index in [1.807, 2.05) is 24.5 Å². The van der Waals surface area contributed by atoms with E-state index in [4.69, 9.17) is 4.74 Å². The van der Waals surface area contributed by atoms with Crippen LogP contribution >= 0.6 is 0 Å². The average Bonchev–Trinajstić information content (AvgIpc) is 3.00. The summed E-state index contributed by atoms with van der Waals surface area (Å²) in [7, 11) is 2.02. The number of nitrogens with zero attached hydrogens (tertiary/aromatic N) is 5. The van der Waals surface area contributed by atoms with E-state index in [9.17, 15) is 4.39 Å². The summed E-state index contributed by atoms with van der Waals surface area (Å²) < 4.78 is 22.4. The molecule has 2 aromatic heterocycles. The summed E-state index contributed by atoms with van der Waals surface area (Å²) in [5, 5.41) is 0. The van der Waals surface area contributed by atoms with Gasteiger partial charge in [0, 0.05) is 52.2 Å². The first-order valence-electron chi connectivity index (χ1n) is 8.82. The van der Waals surface area contributed by atoms with Gasteiger partial charge in [-0.25, -0.2) is 14.4 Å². The third-order valence-corrected chi connectivity index (χ3v) is 5.21. The van der Waals surface area contributed by atoms with E-state index < -0.39 is 0 Å². The number of hydrogen-bond acceptors (Lipinski definition) is 5. The number of ether oxygens (including phenoxy) is 1. The Hall–Kier alpha value is -1.99. The molecule has 0 bridgehead atoms. The molecule has 2 fully saturated rings. The number of hydrogen-bond donors (Lipinski definition) is 0. The Labute approximate surface area is 147 Å². The molecule has 1 spiro atoms. The van der Waals surface area contributed by atoms with Crippen molar-refractivity contribution in [2.75, 3.05) is 37.7 Å². The van der Waals surface area contributed by atoms with E-state index in [1.165, 1.54) is 11.8 Å². The minimum Gasteiger partial charge on any atom is -0.370 e. The lowest BCUT2D eigenvalue weighted by Gasteiger charge is -2.48. The van der Waals surface area contributed by atoms with Crippen molar-refractivity contribution in [1.82, 2.24) is 19.4 Å². The molecule has 6 nitrogen and oxygen atoms in total. The molecule has 0 amide bonds. The fraction of sp³-hybridized carbons (Fsp3) is 0.556. The third kappa shape index (κ3) is 3.39. The van der Waals surface area contributed by atoms with E-state index >= 15 is 0 Å². The van der Waals surface area contributed by atoms with E-state index in [0.717, 1.165) is 39.0 Å². The molecule has 4 heterocycles. The zero-order valence-corrected chi connectivity index (χ0v) is 14.6. The molecule has 0 N–H and O–H groups in total. The summed E-state index contributed by atoms with van der Waals surface area (Å²) in [5.41, 5.74) is 0.944. The van der Waals surface area contributed by atoms with Crippen molar-refractivity contribution >= 4 is 5.82 Å². The molecular formula is C18H24FN5O. The van der Waals surface area contributed by atoms with Gasteiger partial charge in [-0.1, -0.05) is 0 Å². The van der Waals surface area contributed by atoms with Gasteiger partial charge in [-0.2, -0.15) is 0 Å². The van der Waals surface area contributed by atoms with Crippen molar-refractivity contribution in [2.45, 2.75) is 25.0 Å². The molecule has 2 saturated heterocycles. The van der Waals surface area contributed by atoms with Gasteiger partial charge in [-0.15, -0.1) is 0 Å².